The molecule has 1 saturated heterocycles. The number of thiazole rings is 1. The zero-order valence-corrected chi connectivity index (χ0v) is 10.5. The van der Waals surface area contributed by atoms with Crippen LogP contribution < -0.4 is 10.6 Å². The topological polar surface area (TPSA) is 91.4 Å². The molecule has 0 aromatic carbocycles. The molecule has 4 amide bonds. The number of carbonyl (C=O) groups excluding carboxylic acids is 3. The molecule has 0 unspecified atom stereocenters. The fourth-order valence-electron chi connectivity index (χ4n) is 1.52. The first kappa shape index (κ1) is 12.5. The van der Waals surface area contributed by atoms with Gasteiger partial charge < -0.3 is 10.6 Å². The number of imide groups is 1. The number of urea groups is 1. The smallest absolute Gasteiger partial charge is 0.324 e. The van der Waals surface area contributed by atoms with Gasteiger partial charge in [0.25, 0.3) is 5.91 Å². The van der Waals surface area contributed by atoms with Crippen LogP contribution in [0.15, 0.2) is 6.20 Å². The number of nitrogens with one attached hydrogen (secondary N) is 2. The van der Waals surface area contributed by atoms with Gasteiger partial charge in [0.15, 0.2) is 0 Å². The molecule has 1 aromatic heterocycles. The van der Waals surface area contributed by atoms with Gasteiger partial charge in [-0.25, -0.2) is 9.78 Å². The second-order valence-corrected chi connectivity index (χ2v) is 4.94. The van der Waals surface area contributed by atoms with Crippen LogP contribution in [-0.2, 0) is 4.79 Å². The summed E-state index contributed by atoms with van der Waals surface area (Å²) in [5.41, 5.74) is 0. The van der Waals surface area contributed by atoms with Crippen molar-refractivity contribution in [1.29, 1.82) is 0 Å². The third-order valence-electron chi connectivity index (χ3n) is 2.40. The first-order chi connectivity index (χ1) is 8.58. The quantitative estimate of drug-likeness (QED) is 0.736. The zero-order valence-electron chi connectivity index (χ0n) is 9.73. The van der Waals surface area contributed by atoms with Crippen molar-refractivity contribution in [2.45, 2.75) is 6.92 Å². The molecule has 7 nitrogen and oxygen atoms in total. The highest BCUT2D eigenvalue weighted by molar-refractivity contribution is 7.13. The zero-order chi connectivity index (χ0) is 13.1. The van der Waals surface area contributed by atoms with Gasteiger partial charge in [-0.3, -0.25) is 14.5 Å². The second-order valence-electron chi connectivity index (χ2n) is 3.70. The summed E-state index contributed by atoms with van der Waals surface area (Å²) in [5.74, 6) is -0.518. The predicted molar refractivity (Wildman–Crippen MR) is 64.3 cm³/mol. The number of hydrogen-bond acceptors (Lipinski definition) is 5. The number of aromatic nitrogens is 1. The Balaban J connectivity index is 1.80. The van der Waals surface area contributed by atoms with Crippen molar-refractivity contribution in [2.75, 3.05) is 19.6 Å². The lowest BCUT2D eigenvalue weighted by molar-refractivity contribution is -0.124. The molecule has 2 rings (SSSR count). The summed E-state index contributed by atoms with van der Waals surface area (Å²) in [6, 6.07) is -0.414. The molecule has 1 aliphatic heterocycles. The number of rotatable bonds is 4. The molecule has 96 valence electrons. The third-order valence-corrected chi connectivity index (χ3v) is 3.31. The van der Waals surface area contributed by atoms with Crippen LogP contribution in [0, 0.1) is 6.92 Å². The molecule has 0 atom stereocenters. The molecule has 0 saturated carbocycles. The van der Waals surface area contributed by atoms with Gasteiger partial charge in [-0.15, -0.1) is 11.3 Å². The van der Waals surface area contributed by atoms with E-state index in [2.05, 4.69) is 15.6 Å². The Morgan fingerprint density at radius 1 is 1.61 bits per heavy atom. The highest BCUT2D eigenvalue weighted by Crippen LogP contribution is 2.10. The molecular formula is C10H12N4O3S. The van der Waals surface area contributed by atoms with Crippen molar-refractivity contribution < 1.29 is 14.4 Å². The van der Waals surface area contributed by atoms with Crippen molar-refractivity contribution in [1.82, 2.24) is 20.5 Å². The molecule has 0 radical (unpaired) electrons. The van der Waals surface area contributed by atoms with Crippen molar-refractivity contribution in [3.05, 3.63) is 16.1 Å². The Morgan fingerprint density at radius 2 is 2.39 bits per heavy atom. The van der Waals surface area contributed by atoms with Gasteiger partial charge in [0.1, 0.15) is 4.88 Å². The Labute approximate surface area is 107 Å². The lowest BCUT2D eigenvalue weighted by atomic mass is 10.4. The minimum Gasteiger partial charge on any atom is -0.349 e. The molecule has 1 aromatic rings. The molecule has 18 heavy (non-hydrogen) atoms. The molecule has 1 aliphatic rings. The minimum atomic E-state index is -0.414. The molecule has 0 bridgehead atoms. The number of amides is 4. The van der Waals surface area contributed by atoms with E-state index >= 15 is 0 Å². The van der Waals surface area contributed by atoms with Crippen molar-refractivity contribution in [3.63, 3.8) is 0 Å². The van der Waals surface area contributed by atoms with Crippen LogP contribution in [0.25, 0.3) is 0 Å². The normalized spacial score (nSPS) is 14.8. The first-order valence-electron chi connectivity index (χ1n) is 5.37. The summed E-state index contributed by atoms with van der Waals surface area (Å²) in [5, 5.41) is 5.86. The number of hydrogen-bond donors (Lipinski definition) is 2. The second kappa shape index (κ2) is 5.13. The average molecular weight is 268 g/mol. The monoisotopic (exact) mass is 268 g/mol. The standard InChI is InChI=1S/C10H12N4O3S/c1-6-12-4-7(18-6)9(16)11-2-3-14-8(15)5-13-10(14)17/h4H,2-3,5H2,1H3,(H,11,16)(H,13,17). The summed E-state index contributed by atoms with van der Waals surface area (Å²) in [4.78, 5) is 39.7. The Bertz CT molecular complexity index is 483. The van der Waals surface area contributed by atoms with E-state index in [1.165, 1.54) is 17.5 Å². The van der Waals surface area contributed by atoms with Crippen molar-refractivity contribution >= 4 is 29.2 Å². The molecule has 2 N–H and O–H groups in total. The van der Waals surface area contributed by atoms with Crippen molar-refractivity contribution in [2.24, 2.45) is 0 Å². The van der Waals surface area contributed by atoms with E-state index in [-0.39, 0.29) is 31.4 Å². The summed E-state index contributed by atoms with van der Waals surface area (Å²) < 4.78 is 0. The number of nitrogens with zero attached hydrogens (tertiary/aromatic N) is 2. The molecule has 1 fully saturated rings. The first-order valence-corrected chi connectivity index (χ1v) is 6.18. The molecular weight excluding hydrogens is 256 g/mol. The van der Waals surface area contributed by atoms with Crippen molar-refractivity contribution in [3.8, 4) is 0 Å². The third kappa shape index (κ3) is 2.65. The predicted octanol–water partition coefficient (Wildman–Crippen LogP) is -0.267. The summed E-state index contributed by atoms with van der Waals surface area (Å²) >= 11 is 1.30. The largest absolute Gasteiger partial charge is 0.349 e. The lowest BCUT2D eigenvalue weighted by Crippen LogP contribution is -2.38. The number of carbonyl (C=O) groups is 3. The summed E-state index contributed by atoms with van der Waals surface area (Å²) in [7, 11) is 0. The highest BCUT2D eigenvalue weighted by atomic mass is 32.1. The van der Waals surface area contributed by atoms with Gasteiger partial charge >= 0.3 is 6.03 Å². The number of aryl methyl sites for hydroxylation is 1. The maximum absolute atomic E-state index is 11.7. The Hall–Kier alpha value is -1.96. The van der Waals surface area contributed by atoms with Crippen LogP contribution in [0.2, 0.25) is 0 Å². The van der Waals surface area contributed by atoms with E-state index in [1.54, 1.807) is 0 Å². The van der Waals surface area contributed by atoms with E-state index < -0.39 is 6.03 Å². The molecule has 2 heterocycles. The lowest BCUT2D eigenvalue weighted by Gasteiger charge is -2.12. The average Bonchev–Trinajstić information content (AvgIpc) is 2.89. The van der Waals surface area contributed by atoms with Gasteiger partial charge in [0.05, 0.1) is 17.7 Å². The van der Waals surface area contributed by atoms with Gasteiger partial charge in [0.2, 0.25) is 5.91 Å². The SMILES string of the molecule is Cc1ncc(C(=O)NCCN2C(=O)CNC2=O)s1. The van der Waals surface area contributed by atoms with E-state index in [9.17, 15) is 14.4 Å². The summed E-state index contributed by atoms with van der Waals surface area (Å²) in [6.07, 6.45) is 1.50. The summed E-state index contributed by atoms with van der Waals surface area (Å²) in [6.45, 7) is 2.25. The van der Waals surface area contributed by atoms with E-state index in [4.69, 9.17) is 0 Å². The van der Waals surface area contributed by atoms with Crippen LogP contribution in [0.3, 0.4) is 0 Å². The van der Waals surface area contributed by atoms with Gasteiger partial charge in [0, 0.05) is 13.1 Å². The van der Waals surface area contributed by atoms with Gasteiger partial charge in [-0.05, 0) is 6.92 Å². The minimum absolute atomic E-state index is 0.0286. The maximum Gasteiger partial charge on any atom is 0.324 e. The van der Waals surface area contributed by atoms with E-state index in [0.29, 0.717) is 4.88 Å². The van der Waals surface area contributed by atoms with Crippen LogP contribution >= 0.6 is 11.3 Å². The highest BCUT2D eigenvalue weighted by Gasteiger charge is 2.27. The molecule has 0 aliphatic carbocycles. The van der Waals surface area contributed by atoms with Crippen LogP contribution in [0.1, 0.15) is 14.7 Å². The van der Waals surface area contributed by atoms with Gasteiger partial charge in [-0.2, -0.15) is 0 Å². The fraction of sp³-hybridized carbons (Fsp3) is 0.400. The van der Waals surface area contributed by atoms with E-state index in [1.807, 2.05) is 6.92 Å². The molecule has 0 spiro atoms. The van der Waals surface area contributed by atoms with Gasteiger partial charge in [-0.1, -0.05) is 0 Å². The van der Waals surface area contributed by atoms with Crippen LogP contribution in [-0.4, -0.2) is 47.4 Å². The molecule has 8 heteroatoms. The Kier molecular flexibility index (Phi) is 3.56. The van der Waals surface area contributed by atoms with Crippen LogP contribution in [0.4, 0.5) is 4.79 Å². The van der Waals surface area contributed by atoms with E-state index in [0.717, 1.165) is 9.91 Å². The van der Waals surface area contributed by atoms with Crippen LogP contribution in [0.5, 0.6) is 0 Å². The maximum atomic E-state index is 11.7. The Morgan fingerprint density at radius 3 is 2.94 bits per heavy atom. The fourth-order valence-corrected chi connectivity index (χ4v) is 2.21.